The number of rotatable bonds is 4. The Labute approximate surface area is 244 Å². The summed E-state index contributed by atoms with van der Waals surface area (Å²) >= 11 is 0. The molecule has 10 atom stereocenters. The van der Waals surface area contributed by atoms with Gasteiger partial charge >= 0.3 is 0 Å². The second kappa shape index (κ2) is 9.42. The van der Waals surface area contributed by atoms with Crippen LogP contribution in [-0.2, 0) is 11.3 Å². The van der Waals surface area contributed by atoms with E-state index in [1.54, 1.807) is 5.57 Å². The van der Waals surface area contributed by atoms with Crippen LogP contribution in [0.25, 0.3) is 0 Å². The van der Waals surface area contributed by atoms with E-state index >= 15 is 0 Å². The Morgan fingerprint density at radius 3 is 2.25 bits per heavy atom. The van der Waals surface area contributed by atoms with Gasteiger partial charge in [-0.25, -0.2) is 0 Å². The molecule has 6 rings (SSSR count). The maximum absolute atomic E-state index is 11.0. The highest BCUT2D eigenvalue weighted by atomic mass is 16.5. The molecule has 0 bridgehead atoms. The second-order valence-corrected chi connectivity index (χ2v) is 16.9. The third kappa shape index (κ3) is 3.92. The molecule has 10 unspecified atom stereocenters. The first kappa shape index (κ1) is 28.9. The molecule has 4 saturated carbocycles. The molecule has 0 aliphatic heterocycles. The van der Waals surface area contributed by atoms with E-state index in [1.807, 2.05) is 0 Å². The van der Waals surface area contributed by atoms with Gasteiger partial charge in [0.2, 0.25) is 0 Å². The first-order valence-electron chi connectivity index (χ1n) is 16.4. The highest BCUT2D eigenvalue weighted by molar-refractivity contribution is 5.34. The van der Waals surface area contributed by atoms with Gasteiger partial charge in [0, 0.05) is 10.8 Å². The summed E-state index contributed by atoms with van der Waals surface area (Å²) < 4.78 is 6.88. The Kier molecular flexibility index (Phi) is 6.81. The molecule has 2 N–H and O–H groups in total. The summed E-state index contributed by atoms with van der Waals surface area (Å²) in [6, 6.07) is 10.7. The van der Waals surface area contributed by atoms with Crippen molar-refractivity contribution in [1.29, 1.82) is 0 Å². The van der Waals surface area contributed by atoms with Crippen LogP contribution in [0.5, 0.6) is 0 Å². The highest BCUT2D eigenvalue weighted by Gasteiger charge is 2.69. The van der Waals surface area contributed by atoms with Crippen LogP contribution in [0.3, 0.4) is 0 Å². The zero-order valence-electron chi connectivity index (χ0n) is 26.4. The highest BCUT2D eigenvalue weighted by Crippen LogP contribution is 2.75. The molecule has 0 heterocycles. The maximum Gasteiger partial charge on any atom is 0.0720 e. The molecule has 5 aliphatic carbocycles. The van der Waals surface area contributed by atoms with E-state index in [1.165, 1.54) is 31.2 Å². The Bertz CT molecular complexity index is 1140. The largest absolute Gasteiger partial charge is 0.396 e. The van der Waals surface area contributed by atoms with Crippen molar-refractivity contribution < 1.29 is 14.9 Å². The van der Waals surface area contributed by atoms with Crippen molar-refractivity contribution in [1.82, 2.24) is 0 Å². The van der Waals surface area contributed by atoms with Crippen LogP contribution >= 0.6 is 0 Å². The average Bonchev–Trinajstić information content (AvgIpc) is 2.91. The average molecular weight is 549 g/mol. The lowest BCUT2D eigenvalue weighted by atomic mass is 9.33. The predicted molar refractivity (Wildman–Crippen MR) is 163 cm³/mol. The molecule has 3 heteroatoms. The third-order valence-electron chi connectivity index (χ3n) is 14.5. The molecule has 0 amide bonds. The van der Waals surface area contributed by atoms with E-state index in [0.717, 1.165) is 32.1 Å². The van der Waals surface area contributed by atoms with Gasteiger partial charge in [0.15, 0.2) is 0 Å². The molecule has 1 aromatic rings. The Balaban J connectivity index is 1.35. The van der Waals surface area contributed by atoms with Gasteiger partial charge in [0.25, 0.3) is 0 Å². The van der Waals surface area contributed by atoms with Gasteiger partial charge in [-0.2, -0.15) is 0 Å². The fourth-order valence-electron chi connectivity index (χ4n) is 11.7. The SMILES string of the molecule is CC1(C)CC(OCc2ccccc2)C2(C)CCC3(C)C(=CCC4C5(C)CCC(O)C(C)(CO)C5CCC43C)C2C1. The van der Waals surface area contributed by atoms with E-state index in [0.29, 0.717) is 24.4 Å². The first-order chi connectivity index (χ1) is 18.7. The minimum atomic E-state index is -0.391. The molecule has 0 radical (unpaired) electrons. The third-order valence-corrected chi connectivity index (χ3v) is 14.5. The normalized spacial score (nSPS) is 49.6. The van der Waals surface area contributed by atoms with Crippen LogP contribution in [-0.4, -0.2) is 29.0 Å². The van der Waals surface area contributed by atoms with Crippen LogP contribution in [0.4, 0.5) is 0 Å². The van der Waals surface area contributed by atoms with Crippen LogP contribution in [0.15, 0.2) is 42.0 Å². The van der Waals surface area contributed by atoms with Crippen LogP contribution < -0.4 is 0 Å². The lowest BCUT2D eigenvalue weighted by molar-refractivity contribution is -0.220. The van der Waals surface area contributed by atoms with Crippen molar-refractivity contribution in [3.05, 3.63) is 47.5 Å². The summed E-state index contributed by atoms with van der Waals surface area (Å²) in [5.74, 6) is 1.54. The number of benzene rings is 1. The maximum atomic E-state index is 11.0. The minimum absolute atomic E-state index is 0.0933. The standard InChI is InChI=1S/C37H56O3/c1-32(2)21-27-26-13-14-29-34(4)17-16-30(39)35(5,24-38)28(34)15-18-37(29,7)36(26,6)20-19-33(27,3)31(22-32)40-23-25-11-9-8-10-12-25/h8-13,27-31,38-39H,14-24H2,1-7H3. The van der Waals surface area contributed by atoms with E-state index in [-0.39, 0.29) is 45.2 Å². The zero-order valence-corrected chi connectivity index (χ0v) is 26.4. The monoisotopic (exact) mass is 548 g/mol. The topological polar surface area (TPSA) is 49.7 Å². The van der Waals surface area contributed by atoms with Crippen molar-refractivity contribution >= 4 is 0 Å². The lowest BCUT2D eigenvalue weighted by Gasteiger charge is -2.71. The number of aliphatic hydroxyl groups is 2. The summed E-state index contributed by atoms with van der Waals surface area (Å²) in [4.78, 5) is 0. The summed E-state index contributed by atoms with van der Waals surface area (Å²) in [5.41, 5.74) is 3.66. The van der Waals surface area contributed by atoms with Crippen molar-refractivity contribution in [2.45, 2.75) is 125 Å². The smallest absolute Gasteiger partial charge is 0.0720 e. The lowest BCUT2D eigenvalue weighted by Crippen LogP contribution is -2.66. The van der Waals surface area contributed by atoms with Crippen LogP contribution in [0.1, 0.15) is 112 Å². The van der Waals surface area contributed by atoms with Crippen molar-refractivity contribution in [3.8, 4) is 0 Å². The van der Waals surface area contributed by atoms with E-state index in [4.69, 9.17) is 4.74 Å². The van der Waals surface area contributed by atoms with Gasteiger partial charge in [-0.05, 0) is 103 Å². The molecule has 0 spiro atoms. The molecule has 0 saturated heterocycles. The molecule has 0 aromatic heterocycles. The summed E-state index contributed by atoms with van der Waals surface area (Å²) in [6.45, 7) is 18.3. The van der Waals surface area contributed by atoms with Crippen LogP contribution in [0, 0.1) is 50.2 Å². The molecule has 1 aromatic carbocycles. The summed E-state index contributed by atoms with van der Waals surface area (Å²) in [5, 5.41) is 21.6. The van der Waals surface area contributed by atoms with Crippen molar-refractivity contribution in [3.63, 3.8) is 0 Å². The Morgan fingerprint density at radius 1 is 0.825 bits per heavy atom. The number of fused-ring (bicyclic) bond motifs is 7. The number of ether oxygens (including phenoxy) is 1. The fraction of sp³-hybridized carbons (Fsp3) is 0.784. The molecule has 4 fully saturated rings. The fourth-order valence-corrected chi connectivity index (χ4v) is 11.7. The second-order valence-electron chi connectivity index (χ2n) is 16.9. The number of aliphatic hydroxyl groups excluding tert-OH is 2. The van der Waals surface area contributed by atoms with Gasteiger partial charge in [0.05, 0.1) is 25.4 Å². The molecule has 40 heavy (non-hydrogen) atoms. The number of hydrogen-bond donors (Lipinski definition) is 2. The van der Waals surface area contributed by atoms with E-state index < -0.39 is 6.10 Å². The van der Waals surface area contributed by atoms with E-state index in [9.17, 15) is 10.2 Å². The molecular formula is C37H56O3. The molecule has 5 aliphatic rings. The summed E-state index contributed by atoms with van der Waals surface area (Å²) in [7, 11) is 0. The van der Waals surface area contributed by atoms with Crippen molar-refractivity contribution in [2.24, 2.45) is 50.2 Å². The van der Waals surface area contributed by atoms with Crippen LogP contribution in [0.2, 0.25) is 0 Å². The number of allylic oxidation sites excluding steroid dienone is 2. The first-order valence-corrected chi connectivity index (χ1v) is 16.4. The quantitative estimate of drug-likeness (QED) is 0.372. The van der Waals surface area contributed by atoms with Crippen molar-refractivity contribution in [2.75, 3.05) is 6.61 Å². The van der Waals surface area contributed by atoms with E-state index in [2.05, 4.69) is 84.9 Å². The Morgan fingerprint density at radius 2 is 1.55 bits per heavy atom. The number of hydrogen-bond acceptors (Lipinski definition) is 3. The predicted octanol–water partition coefficient (Wildman–Crippen LogP) is 8.34. The van der Waals surface area contributed by atoms with Gasteiger partial charge in [0.1, 0.15) is 0 Å². The van der Waals surface area contributed by atoms with Gasteiger partial charge in [-0.15, -0.1) is 0 Å². The molecule has 222 valence electrons. The molecule has 3 nitrogen and oxygen atoms in total. The zero-order chi connectivity index (χ0) is 28.8. The van der Waals surface area contributed by atoms with Gasteiger partial charge < -0.3 is 14.9 Å². The van der Waals surface area contributed by atoms with Gasteiger partial charge in [-0.1, -0.05) is 90.4 Å². The summed E-state index contributed by atoms with van der Waals surface area (Å²) in [6.07, 6.45) is 12.8. The van der Waals surface area contributed by atoms with Gasteiger partial charge in [-0.3, -0.25) is 0 Å². The minimum Gasteiger partial charge on any atom is -0.396 e. The Hall–Kier alpha value is -1.16. The molecular weight excluding hydrogens is 492 g/mol.